The number of benzene rings is 1. The average Bonchev–Trinajstić information content (AvgIpc) is 3.07. The summed E-state index contributed by atoms with van der Waals surface area (Å²) in [5.41, 5.74) is 3.28. The topological polar surface area (TPSA) is 59.1 Å². The van der Waals surface area contributed by atoms with Crippen LogP contribution in [0.1, 0.15) is 87.8 Å². The molecule has 1 aromatic heterocycles. The van der Waals surface area contributed by atoms with Crippen molar-refractivity contribution in [3.8, 4) is 0 Å². The van der Waals surface area contributed by atoms with Crippen molar-refractivity contribution in [1.82, 2.24) is 4.98 Å². The summed E-state index contributed by atoms with van der Waals surface area (Å²) < 4.78 is 13.8. The minimum atomic E-state index is -0.284. The molecule has 5 rings (SSSR count). The van der Waals surface area contributed by atoms with Crippen molar-refractivity contribution < 1.29 is 14.0 Å². The number of aryl methyl sites for hydroxylation is 1. The minimum Gasteiger partial charge on any atom is -0.311 e. The number of Topliss-reactive ketones (excluding diaryl/α,β-unsaturated/α-hetero) is 1. The molecule has 0 aliphatic heterocycles. The number of nitrogens with zero attached hydrogens (tertiary/aromatic N) is 1. The van der Waals surface area contributed by atoms with E-state index in [0.29, 0.717) is 48.1 Å². The van der Waals surface area contributed by atoms with Crippen LogP contribution in [0.15, 0.2) is 36.5 Å². The van der Waals surface area contributed by atoms with Crippen LogP contribution in [0.25, 0.3) is 0 Å². The zero-order valence-electron chi connectivity index (χ0n) is 20.4. The maximum atomic E-state index is 13.8. The molecule has 34 heavy (non-hydrogen) atoms. The Hall–Kier alpha value is -2.56. The first-order valence-electron chi connectivity index (χ1n) is 12.8. The van der Waals surface area contributed by atoms with Crippen molar-refractivity contribution in [3.63, 3.8) is 0 Å². The lowest BCUT2D eigenvalue weighted by atomic mass is 9.54. The van der Waals surface area contributed by atoms with Gasteiger partial charge in [0.15, 0.2) is 0 Å². The van der Waals surface area contributed by atoms with Gasteiger partial charge in [0.2, 0.25) is 5.91 Å². The van der Waals surface area contributed by atoms with Crippen molar-refractivity contribution in [3.05, 3.63) is 59.0 Å². The van der Waals surface area contributed by atoms with Crippen LogP contribution in [0.2, 0.25) is 0 Å². The Morgan fingerprint density at radius 2 is 2.06 bits per heavy atom. The smallest absolute Gasteiger partial charge is 0.225 e. The van der Waals surface area contributed by atoms with Gasteiger partial charge in [-0.3, -0.25) is 9.59 Å². The predicted molar refractivity (Wildman–Crippen MR) is 131 cm³/mol. The van der Waals surface area contributed by atoms with Crippen molar-refractivity contribution in [2.45, 2.75) is 77.6 Å². The minimum absolute atomic E-state index is 0.0392. The summed E-state index contributed by atoms with van der Waals surface area (Å²) in [6.45, 7) is 6.40. The third-order valence-corrected chi connectivity index (χ3v) is 9.00. The molecular formula is C29H35FN2O2. The molecule has 0 radical (unpaired) electrons. The fourth-order valence-corrected chi connectivity index (χ4v) is 7.22. The number of fused-ring (bicyclic) bond motifs is 5. The van der Waals surface area contributed by atoms with Crippen molar-refractivity contribution in [2.75, 3.05) is 5.32 Å². The Labute approximate surface area is 201 Å². The number of rotatable bonds is 5. The monoisotopic (exact) mass is 462 g/mol. The average molecular weight is 463 g/mol. The summed E-state index contributed by atoms with van der Waals surface area (Å²) in [6.07, 6.45) is 7.28. The summed E-state index contributed by atoms with van der Waals surface area (Å²) in [4.78, 5) is 30.3. The van der Waals surface area contributed by atoms with Gasteiger partial charge in [0.25, 0.3) is 0 Å². The van der Waals surface area contributed by atoms with E-state index in [1.165, 1.54) is 5.56 Å². The second-order valence-electron chi connectivity index (χ2n) is 11.2. The summed E-state index contributed by atoms with van der Waals surface area (Å²) in [5, 5.41) is 2.93. The molecule has 180 valence electrons. The number of amides is 1. The number of pyridine rings is 1. The zero-order valence-corrected chi connectivity index (χ0v) is 20.4. The number of carbonyl (C=O) groups is 2. The lowest BCUT2D eigenvalue weighted by molar-refractivity contribution is -0.129. The van der Waals surface area contributed by atoms with E-state index in [9.17, 15) is 14.0 Å². The summed E-state index contributed by atoms with van der Waals surface area (Å²) in [5.74, 6) is 2.51. The number of hydrogen-bond acceptors (Lipinski definition) is 3. The molecule has 0 saturated heterocycles. The largest absolute Gasteiger partial charge is 0.311 e. The summed E-state index contributed by atoms with van der Waals surface area (Å²) in [6, 6.07) is 9.11. The molecule has 0 bridgehead atoms. The van der Waals surface area contributed by atoms with E-state index < -0.39 is 0 Å². The van der Waals surface area contributed by atoms with Crippen LogP contribution < -0.4 is 5.32 Å². The SMILES string of the molecule is CC(C)c1ccc(NC(=O)CC[C@@H]2CC(=O)[C@@]3(C)CCC4c5ccc(F)cc5CCC4C23)nc1. The number of anilines is 1. The Bertz CT molecular complexity index is 1100. The molecule has 3 aliphatic rings. The Balaban J connectivity index is 1.28. The Kier molecular flexibility index (Phi) is 6.07. The third-order valence-electron chi connectivity index (χ3n) is 9.00. The number of ketones is 1. The lowest BCUT2D eigenvalue weighted by Gasteiger charge is -2.50. The van der Waals surface area contributed by atoms with Crippen LogP contribution in [0.3, 0.4) is 0 Å². The van der Waals surface area contributed by atoms with Gasteiger partial charge >= 0.3 is 0 Å². The van der Waals surface area contributed by atoms with Crippen LogP contribution in [-0.2, 0) is 16.0 Å². The predicted octanol–water partition coefficient (Wildman–Crippen LogP) is 6.41. The highest BCUT2D eigenvalue weighted by atomic mass is 19.1. The highest BCUT2D eigenvalue weighted by molar-refractivity contribution is 5.90. The second kappa shape index (κ2) is 8.90. The van der Waals surface area contributed by atoms with E-state index in [-0.39, 0.29) is 23.1 Å². The van der Waals surface area contributed by atoms with Gasteiger partial charge in [-0.15, -0.1) is 0 Å². The van der Waals surface area contributed by atoms with Crippen molar-refractivity contribution in [2.24, 2.45) is 23.2 Å². The number of nitrogens with one attached hydrogen (secondary N) is 1. The van der Waals surface area contributed by atoms with Crippen LogP contribution in [-0.4, -0.2) is 16.7 Å². The van der Waals surface area contributed by atoms with E-state index in [1.54, 1.807) is 12.1 Å². The van der Waals surface area contributed by atoms with Gasteiger partial charge in [0.1, 0.15) is 17.4 Å². The first kappa shape index (κ1) is 23.2. The fraction of sp³-hybridized carbons (Fsp3) is 0.552. The number of hydrogen-bond donors (Lipinski definition) is 1. The molecule has 3 aliphatic carbocycles. The lowest BCUT2D eigenvalue weighted by Crippen LogP contribution is -2.44. The van der Waals surface area contributed by atoms with E-state index in [1.807, 2.05) is 24.4 Å². The van der Waals surface area contributed by atoms with E-state index >= 15 is 0 Å². The van der Waals surface area contributed by atoms with E-state index in [0.717, 1.165) is 43.2 Å². The quantitative estimate of drug-likeness (QED) is 0.558. The molecular weight excluding hydrogens is 427 g/mol. The summed E-state index contributed by atoms with van der Waals surface area (Å²) >= 11 is 0. The third kappa shape index (κ3) is 4.08. The van der Waals surface area contributed by atoms with Crippen molar-refractivity contribution >= 4 is 17.5 Å². The maximum absolute atomic E-state index is 13.8. The molecule has 1 heterocycles. The van der Waals surface area contributed by atoms with E-state index in [4.69, 9.17) is 0 Å². The van der Waals surface area contributed by atoms with Gasteiger partial charge in [0, 0.05) is 24.5 Å². The standard InChI is InChI=1S/C29H35FN2O2/c1-17(2)20-5-10-26(31-16-20)32-27(34)11-6-19-15-25(33)29(3)13-12-23-22-9-7-21(30)14-18(22)4-8-24(23)28(19)29/h5,7,9-10,14,16-17,19,23-24,28H,4,6,8,11-13,15H2,1-3H3,(H,31,32,34)/t19-,23?,24?,28?,29-/m1/s1. The maximum Gasteiger partial charge on any atom is 0.225 e. The van der Waals surface area contributed by atoms with Crippen LogP contribution >= 0.6 is 0 Å². The van der Waals surface area contributed by atoms with Gasteiger partial charge in [-0.1, -0.05) is 32.9 Å². The van der Waals surface area contributed by atoms with Gasteiger partial charge in [-0.25, -0.2) is 9.37 Å². The van der Waals surface area contributed by atoms with Gasteiger partial charge < -0.3 is 5.32 Å². The molecule has 1 N–H and O–H groups in total. The van der Waals surface area contributed by atoms with Gasteiger partial charge in [-0.05, 0) is 96.6 Å². The van der Waals surface area contributed by atoms with Crippen LogP contribution in [0.4, 0.5) is 10.2 Å². The zero-order chi connectivity index (χ0) is 24.0. The highest BCUT2D eigenvalue weighted by Gasteiger charge is 2.58. The van der Waals surface area contributed by atoms with Crippen LogP contribution in [0.5, 0.6) is 0 Å². The Morgan fingerprint density at radius 3 is 2.79 bits per heavy atom. The van der Waals surface area contributed by atoms with E-state index in [2.05, 4.69) is 31.1 Å². The van der Waals surface area contributed by atoms with Crippen LogP contribution in [0, 0.1) is 29.0 Å². The summed E-state index contributed by atoms with van der Waals surface area (Å²) in [7, 11) is 0. The highest BCUT2D eigenvalue weighted by Crippen LogP contribution is 2.62. The second-order valence-corrected chi connectivity index (χ2v) is 11.2. The normalized spacial score (nSPS) is 30.0. The number of aromatic nitrogens is 1. The first-order valence-corrected chi connectivity index (χ1v) is 12.8. The molecule has 0 spiro atoms. The molecule has 1 aromatic carbocycles. The molecule has 5 atom stereocenters. The number of halogens is 1. The molecule has 5 heteroatoms. The van der Waals surface area contributed by atoms with Gasteiger partial charge in [-0.2, -0.15) is 0 Å². The molecule has 2 saturated carbocycles. The number of carbonyl (C=O) groups excluding carboxylic acids is 2. The molecule has 2 fully saturated rings. The molecule has 4 nitrogen and oxygen atoms in total. The van der Waals surface area contributed by atoms with Crippen molar-refractivity contribution in [1.29, 1.82) is 0 Å². The van der Waals surface area contributed by atoms with Gasteiger partial charge in [0.05, 0.1) is 0 Å². The first-order chi connectivity index (χ1) is 16.3. The Morgan fingerprint density at radius 1 is 1.24 bits per heavy atom. The fourth-order valence-electron chi connectivity index (χ4n) is 7.22. The molecule has 3 unspecified atom stereocenters. The molecule has 2 aromatic rings. The molecule has 1 amide bonds.